The molecular formula is C17H13NO3. The van der Waals surface area contributed by atoms with Gasteiger partial charge in [0.1, 0.15) is 0 Å². The highest BCUT2D eigenvalue weighted by Gasteiger charge is 2.34. The second-order valence-electron chi connectivity index (χ2n) is 5.00. The summed E-state index contributed by atoms with van der Waals surface area (Å²) in [5.41, 5.74) is 2.32. The summed E-state index contributed by atoms with van der Waals surface area (Å²) in [5, 5.41) is 0. The van der Waals surface area contributed by atoms with Crippen molar-refractivity contribution in [2.24, 2.45) is 0 Å². The van der Waals surface area contributed by atoms with Crippen LogP contribution in [0.2, 0.25) is 0 Å². The van der Waals surface area contributed by atoms with Crippen molar-refractivity contribution >= 4 is 17.6 Å². The molecule has 1 heterocycles. The zero-order valence-corrected chi connectivity index (χ0v) is 11.5. The van der Waals surface area contributed by atoms with Crippen molar-refractivity contribution < 1.29 is 14.4 Å². The Balaban J connectivity index is 1.85. The van der Waals surface area contributed by atoms with Crippen LogP contribution in [0.4, 0.5) is 0 Å². The van der Waals surface area contributed by atoms with Crippen LogP contribution in [0.3, 0.4) is 0 Å². The smallest absolute Gasteiger partial charge is 0.261 e. The van der Waals surface area contributed by atoms with Crippen LogP contribution in [-0.4, -0.2) is 22.5 Å². The lowest BCUT2D eigenvalue weighted by atomic mass is 10.1. The molecule has 0 radical (unpaired) electrons. The molecule has 2 amide bonds. The van der Waals surface area contributed by atoms with E-state index in [1.54, 1.807) is 48.5 Å². The molecule has 21 heavy (non-hydrogen) atoms. The Labute approximate surface area is 122 Å². The van der Waals surface area contributed by atoms with E-state index in [0.29, 0.717) is 16.7 Å². The molecular weight excluding hydrogens is 266 g/mol. The summed E-state index contributed by atoms with van der Waals surface area (Å²) in [6, 6.07) is 13.7. The lowest BCUT2D eigenvalue weighted by Crippen LogP contribution is -2.29. The van der Waals surface area contributed by atoms with Gasteiger partial charge in [-0.3, -0.25) is 19.3 Å². The van der Waals surface area contributed by atoms with Crippen molar-refractivity contribution in [1.82, 2.24) is 4.90 Å². The van der Waals surface area contributed by atoms with Crippen molar-refractivity contribution in [3.63, 3.8) is 0 Å². The first-order valence-electron chi connectivity index (χ1n) is 6.63. The predicted molar refractivity (Wildman–Crippen MR) is 77.1 cm³/mol. The third-order valence-corrected chi connectivity index (χ3v) is 3.58. The highest BCUT2D eigenvalue weighted by Crippen LogP contribution is 2.24. The molecule has 0 spiro atoms. The quantitative estimate of drug-likeness (QED) is 0.641. The molecule has 0 aliphatic carbocycles. The largest absolute Gasteiger partial charge is 0.295 e. The van der Waals surface area contributed by atoms with Crippen LogP contribution < -0.4 is 0 Å². The van der Waals surface area contributed by atoms with Crippen LogP contribution in [0.5, 0.6) is 0 Å². The molecule has 0 N–H and O–H groups in total. The summed E-state index contributed by atoms with van der Waals surface area (Å²) in [4.78, 5) is 36.9. The molecule has 0 saturated carbocycles. The van der Waals surface area contributed by atoms with Gasteiger partial charge in [0.2, 0.25) is 0 Å². The second-order valence-corrected chi connectivity index (χ2v) is 5.00. The Kier molecular flexibility index (Phi) is 3.14. The van der Waals surface area contributed by atoms with E-state index in [4.69, 9.17) is 0 Å². The number of amides is 2. The van der Waals surface area contributed by atoms with Crippen LogP contribution in [0, 0.1) is 0 Å². The topological polar surface area (TPSA) is 54.5 Å². The van der Waals surface area contributed by atoms with Crippen LogP contribution in [0.25, 0.3) is 0 Å². The van der Waals surface area contributed by atoms with E-state index < -0.39 is 0 Å². The lowest BCUT2D eigenvalue weighted by molar-refractivity contribution is 0.0642. The highest BCUT2D eigenvalue weighted by molar-refractivity contribution is 6.21. The van der Waals surface area contributed by atoms with Gasteiger partial charge >= 0.3 is 0 Å². The van der Waals surface area contributed by atoms with E-state index in [0.717, 1.165) is 5.56 Å². The minimum absolute atomic E-state index is 0.0118. The number of rotatable bonds is 3. The Bertz CT molecular complexity index is 712. The molecule has 0 bridgehead atoms. The van der Waals surface area contributed by atoms with Crippen molar-refractivity contribution in [3.05, 3.63) is 70.8 Å². The zero-order valence-electron chi connectivity index (χ0n) is 11.5. The van der Waals surface area contributed by atoms with Gasteiger partial charge in [0.15, 0.2) is 5.78 Å². The molecule has 1 aliphatic rings. The molecule has 0 saturated heterocycles. The minimum Gasteiger partial charge on any atom is -0.295 e. The number of carbonyl (C=O) groups is 3. The zero-order chi connectivity index (χ0) is 15.0. The summed E-state index contributed by atoms with van der Waals surface area (Å²) in [5.74, 6) is -0.556. The first kappa shape index (κ1) is 13.2. The summed E-state index contributed by atoms with van der Waals surface area (Å²) in [6.45, 7) is 1.71. The maximum Gasteiger partial charge on any atom is 0.261 e. The fraction of sp³-hybridized carbons (Fsp3) is 0.118. The molecule has 0 unspecified atom stereocenters. The molecule has 104 valence electrons. The molecule has 4 nitrogen and oxygen atoms in total. The number of fused-ring (bicyclic) bond motifs is 1. The SMILES string of the molecule is CC(=O)c1ccc(CN2C(=O)c3ccccc3C2=O)cc1. The van der Waals surface area contributed by atoms with Gasteiger partial charge in [-0.2, -0.15) is 0 Å². The Hall–Kier alpha value is -2.75. The van der Waals surface area contributed by atoms with Crippen molar-refractivity contribution in [1.29, 1.82) is 0 Å². The van der Waals surface area contributed by atoms with Gasteiger partial charge in [0.25, 0.3) is 11.8 Å². The van der Waals surface area contributed by atoms with Gasteiger partial charge < -0.3 is 0 Å². The first-order chi connectivity index (χ1) is 10.1. The van der Waals surface area contributed by atoms with Crippen molar-refractivity contribution in [3.8, 4) is 0 Å². The van der Waals surface area contributed by atoms with Gasteiger partial charge in [-0.05, 0) is 24.6 Å². The maximum atomic E-state index is 12.2. The number of ketones is 1. The van der Waals surface area contributed by atoms with Gasteiger partial charge in [0, 0.05) is 5.56 Å². The van der Waals surface area contributed by atoms with Crippen LogP contribution >= 0.6 is 0 Å². The predicted octanol–water partition coefficient (Wildman–Crippen LogP) is 2.69. The molecule has 1 aliphatic heterocycles. The van der Waals surface area contributed by atoms with Crippen molar-refractivity contribution in [2.45, 2.75) is 13.5 Å². The summed E-state index contributed by atoms with van der Waals surface area (Å²) in [7, 11) is 0. The fourth-order valence-corrected chi connectivity index (χ4v) is 2.41. The molecule has 4 heteroatoms. The molecule has 0 aromatic heterocycles. The van der Waals surface area contributed by atoms with E-state index in [1.807, 2.05) is 0 Å². The van der Waals surface area contributed by atoms with Crippen LogP contribution in [0.15, 0.2) is 48.5 Å². The number of Topliss-reactive ketones (excluding diaryl/α,β-unsaturated/α-hetero) is 1. The minimum atomic E-state index is -0.272. The highest BCUT2D eigenvalue weighted by atomic mass is 16.2. The Morgan fingerprint density at radius 2 is 1.43 bits per heavy atom. The van der Waals surface area contributed by atoms with Gasteiger partial charge in [-0.15, -0.1) is 0 Å². The van der Waals surface area contributed by atoms with E-state index in [1.165, 1.54) is 11.8 Å². The third-order valence-electron chi connectivity index (χ3n) is 3.58. The number of hydrogen-bond acceptors (Lipinski definition) is 3. The number of carbonyl (C=O) groups excluding carboxylic acids is 3. The molecule has 2 aromatic rings. The number of nitrogens with zero attached hydrogens (tertiary/aromatic N) is 1. The Morgan fingerprint density at radius 3 is 1.90 bits per heavy atom. The number of hydrogen-bond donors (Lipinski definition) is 0. The lowest BCUT2D eigenvalue weighted by Gasteiger charge is -2.13. The summed E-state index contributed by atoms with van der Waals surface area (Å²) >= 11 is 0. The van der Waals surface area contributed by atoms with Crippen LogP contribution in [0.1, 0.15) is 43.6 Å². The van der Waals surface area contributed by atoms with E-state index in [9.17, 15) is 14.4 Å². The average Bonchev–Trinajstić information content (AvgIpc) is 2.73. The standard InChI is InChI=1S/C17H13NO3/c1-11(19)13-8-6-12(7-9-13)10-18-16(20)14-4-2-3-5-15(14)17(18)21/h2-9H,10H2,1H3. The monoisotopic (exact) mass is 279 g/mol. The number of benzene rings is 2. The second kappa shape index (κ2) is 4.98. The Morgan fingerprint density at radius 1 is 0.905 bits per heavy atom. The molecule has 0 fully saturated rings. The molecule has 0 atom stereocenters. The summed E-state index contributed by atoms with van der Waals surface area (Å²) in [6.07, 6.45) is 0. The van der Waals surface area contributed by atoms with Crippen molar-refractivity contribution in [2.75, 3.05) is 0 Å². The van der Waals surface area contributed by atoms with Gasteiger partial charge in [-0.1, -0.05) is 36.4 Å². The molecule has 3 rings (SSSR count). The molecule has 2 aromatic carbocycles. The van der Waals surface area contributed by atoms with Gasteiger partial charge in [-0.25, -0.2) is 0 Å². The fourth-order valence-electron chi connectivity index (χ4n) is 2.41. The maximum absolute atomic E-state index is 12.2. The van der Waals surface area contributed by atoms with E-state index >= 15 is 0 Å². The van der Waals surface area contributed by atoms with Gasteiger partial charge in [0.05, 0.1) is 17.7 Å². The van der Waals surface area contributed by atoms with E-state index in [-0.39, 0.29) is 24.1 Å². The first-order valence-corrected chi connectivity index (χ1v) is 6.63. The average molecular weight is 279 g/mol. The van der Waals surface area contributed by atoms with E-state index in [2.05, 4.69) is 0 Å². The summed E-state index contributed by atoms with van der Waals surface area (Å²) < 4.78 is 0. The third kappa shape index (κ3) is 2.25. The normalized spacial score (nSPS) is 13.5. The number of imide groups is 1. The van der Waals surface area contributed by atoms with Crippen LogP contribution in [-0.2, 0) is 6.54 Å².